The van der Waals surface area contributed by atoms with Crippen LogP contribution in [0.5, 0.6) is 0 Å². The minimum Gasteiger partial charge on any atom is -0.444 e. The molecule has 2 aliphatic rings. The van der Waals surface area contributed by atoms with E-state index in [0.29, 0.717) is 6.54 Å². The third kappa shape index (κ3) is 10.2. The number of carbonyl (C=O) groups excluding carboxylic acids is 3. The number of allylic oxidation sites excluding steroid dienone is 2. The van der Waals surface area contributed by atoms with E-state index in [4.69, 9.17) is 4.74 Å². The van der Waals surface area contributed by atoms with Gasteiger partial charge in [0, 0.05) is 19.6 Å². The Kier molecular flexibility index (Phi) is 11.3. The molecule has 0 saturated carbocycles. The standard InChI is InChI=1S/C25H37N3O10S2/c1-5-6-11-26-22(29)16-7-9-18(20(12-16)39(32,33)34)14-27-23(30)17-8-10-19(21(13-17)40(35,36)37)15-28-24(31)38-25(2,3)4/h9-10,12-13,16-17H,5-8,11,14-15H2,1-4H3,(H,26,29)(H,27,30)(H,28,31)(H,32,33,34)(H,35,36,37). The van der Waals surface area contributed by atoms with Crippen molar-refractivity contribution in [2.45, 2.75) is 59.0 Å². The number of ether oxygens (including phenoxy) is 1. The second kappa shape index (κ2) is 13.6. The summed E-state index contributed by atoms with van der Waals surface area (Å²) in [6.45, 7) is 6.75. The van der Waals surface area contributed by atoms with Gasteiger partial charge in [0.1, 0.15) is 5.60 Å². The molecule has 2 atom stereocenters. The normalized spacial score (nSPS) is 19.9. The highest BCUT2D eigenvalue weighted by Gasteiger charge is 2.31. The molecule has 40 heavy (non-hydrogen) atoms. The summed E-state index contributed by atoms with van der Waals surface area (Å²) < 4.78 is 72.5. The predicted octanol–water partition coefficient (Wildman–Crippen LogP) is 1.98. The minimum atomic E-state index is -4.76. The van der Waals surface area contributed by atoms with Gasteiger partial charge >= 0.3 is 6.09 Å². The van der Waals surface area contributed by atoms with Crippen LogP contribution in [0.25, 0.3) is 0 Å². The second-order valence-electron chi connectivity index (χ2n) is 10.4. The molecule has 15 heteroatoms. The van der Waals surface area contributed by atoms with Gasteiger partial charge in [-0.3, -0.25) is 18.7 Å². The molecule has 0 aromatic rings. The van der Waals surface area contributed by atoms with Crippen molar-refractivity contribution in [3.8, 4) is 0 Å². The van der Waals surface area contributed by atoms with Crippen LogP contribution in [0.4, 0.5) is 4.79 Å². The van der Waals surface area contributed by atoms with Gasteiger partial charge in [0.05, 0.1) is 21.6 Å². The molecule has 0 aliphatic heterocycles. The Morgan fingerprint density at radius 1 is 0.850 bits per heavy atom. The van der Waals surface area contributed by atoms with Gasteiger partial charge in [-0.05, 0) is 51.2 Å². The van der Waals surface area contributed by atoms with E-state index in [-0.39, 0.29) is 43.0 Å². The maximum absolute atomic E-state index is 12.8. The predicted molar refractivity (Wildman–Crippen MR) is 147 cm³/mol. The summed E-state index contributed by atoms with van der Waals surface area (Å²) in [4.78, 5) is 36.1. The first kappa shape index (κ1) is 33.2. The molecule has 0 aromatic carbocycles. The number of amides is 3. The lowest BCUT2D eigenvalue weighted by molar-refractivity contribution is -0.124. The van der Waals surface area contributed by atoms with Gasteiger partial charge in [-0.2, -0.15) is 16.8 Å². The molecule has 2 rings (SSSR count). The molecule has 0 radical (unpaired) electrons. The van der Waals surface area contributed by atoms with Crippen molar-refractivity contribution >= 4 is 38.1 Å². The monoisotopic (exact) mass is 603 g/mol. The van der Waals surface area contributed by atoms with Crippen LogP contribution in [0.15, 0.2) is 45.3 Å². The van der Waals surface area contributed by atoms with Gasteiger partial charge in [-0.1, -0.05) is 37.6 Å². The number of nitrogens with one attached hydrogen (secondary N) is 3. The maximum Gasteiger partial charge on any atom is 0.407 e. The summed E-state index contributed by atoms with van der Waals surface area (Å²) in [5.74, 6) is -2.92. The molecular formula is C25H37N3O10S2. The highest BCUT2D eigenvalue weighted by atomic mass is 32.2. The summed E-state index contributed by atoms with van der Waals surface area (Å²) in [7, 11) is -9.48. The van der Waals surface area contributed by atoms with E-state index in [1.54, 1.807) is 20.8 Å². The van der Waals surface area contributed by atoms with Gasteiger partial charge in [0.2, 0.25) is 11.8 Å². The summed E-state index contributed by atoms with van der Waals surface area (Å²) in [5, 5.41) is 7.61. The lowest BCUT2D eigenvalue weighted by Crippen LogP contribution is -2.36. The average molecular weight is 604 g/mol. The molecule has 2 aliphatic carbocycles. The van der Waals surface area contributed by atoms with Crippen molar-refractivity contribution in [2.75, 3.05) is 19.6 Å². The minimum absolute atomic E-state index is 0.0240. The van der Waals surface area contributed by atoms with Crippen LogP contribution >= 0.6 is 0 Å². The number of hydrogen-bond donors (Lipinski definition) is 5. The molecule has 2 unspecified atom stereocenters. The van der Waals surface area contributed by atoms with E-state index in [0.717, 1.165) is 25.0 Å². The molecule has 0 fully saturated rings. The van der Waals surface area contributed by atoms with E-state index in [1.807, 2.05) is 6.92 Å². The lowest BCUT2D eigenvalue weighted by atomic mass is 9.94. The van der Waals surface area contributed by atoms with Crippen molar-refractivity contribution in [1.82, 2.24) is 16.0 Å². The summed E-state index contributed by atoms with van der Waals surface area (Å²) in [5.41, 5.74) is -0.649. The van der Waals surface area contributed by atoms with Crippen LogP contribution in [0.2, 0.25) is 0 Å². The SMILES string of the molecule is CCCCNC(=O)C1C=C(S(=O)(=O)O)C(CNC(=O)C2C=C(S(=O)(=O)O)C(CNC(=O)OC(C)(C)C)=CC2)=CC1. The van der Waals surface area contributed by atoms with Gasteiger partial charge < -0.3 is 20.7 Å². The Morgan fingerprint density at radius 3 is 1.73 bits per heavy atom. The Balaban J connectivity index is 2.10. The zero-order chi connectivity index (χ0) is 30.3. The lowest BCUT2D eigenvalue weighted by Gasteiger charge is -2.23. The first-order chi connectivity index (χ1) is 18.4. The Labute approximate surface area is 234 Å². The molecule has 3 amide bonds. The molecular weight excluding hydrogens is 566 g/mol. The molecule has 0 saturated heterocycles. The van der Waals surface area contributed by atoms with E-state index >= 15 is 0 Å². The van der Waals surface area contributed by atoms with Crippen LogP contribution in [0.3, 0.4) is 0 Å². The van der Waals surface area contributed by atoms with Crippen LogP contribution in [-0.4, -0.2) is 69.1 Å². The van der Waals surface area contributed by atoms with E-state index < -0.39 is 59.5 Å². The fraction of sp³-hybridized carbons (Fsp3) is 0.560. The quantitative estimate of drug-likeness (QED) is 0.171. The van der Waals surface area contributed by atoms with Gasteiger partial charge in [-0.25, -0.2) is 4.79 Å². The highest BCUT2D eigenvalue weighted by molar-refractivity contribution is 7.90. The average Bonchev–Trinajstić information content (AvgIpc) is 2.83. The van der Waals surface area contributed by atoms with Crippen molar-refractivity contribution in [2.24, 2.45) is 11.8 Å². The third-order valence-corrected chi connectivity index (χ3v) is 7.82. The number of hydrogen-bond acceptors (Lipinski definition) is 8. The van der Waals surface area contributed by atoms with Crippen molar-refractivity contribution in [3.63, 3.8) is 0 Å². The largest absolute Gasteiger partial charge is 0.444 e. The fourth-order valence-electron chi connectivity index (χ4n) is 3.96. The van der Waals surface area contributed by atoms with Gasteiger partial charge in [0.25, 0.3) is 20.2 Å². The van der Waals surface area contributed by atoms with E-state index in [2.05, 4.69) is 16.0 Å². The second-order valence-corrected chi connectivity index (χ2v) is 13.2. The Morgan fingerprint density at radius 2 is 1.30 bits per heavy atom. The fourth-order valence-corrected chi connectivity index (χ4v) is 5.60. The van der Waals surface area contributed by atoms with Crippen molar-refractivity contribution in [1.29, 1.82) is 0 Å². The Hall–Kier alpha value is -3.01. The van der Waals surface area contributed by atoms with Crippen molar-refractivity contribution < 1.29 is 45.1 Å². The van der Waals surface area contributed by atoms with E-state index in [1.165, 1.54) is 12.2 Å². The van der Waals surface area contributed by atoms with Crippen molar-refractivity contribution in [3.05, 3.63) is 45.3 Å². The zero-order valence-corrected chi connectivity index (χ0v) is 24.5. The van der Waals surface area contributed by atoms with Crippen LogP contribution in [-0.2, 0) is 34.6 Å². The molecule has 224 valence electrons. The van der Waals surface area contributed by atoms with Gasteiger partial charge in [-0.15, -0.1) is 0 Å². The molecule has 0 heterocycles. The van der Waals surface area contributed by atoms with Crippen LogP contribution in [0, 0.1) is 11.8 Å². The summed E-state index contributed by atoms with van der Waals surface area (Å²) >= 11 is 0. The molecule has 5 N–H and O–H groups in total. The molecule has 0 bridgehead atoms. The Bertz CT molecular complexity index is 1340. The van der Waals surface area contributed by atoms with Gasteiger partial charge in [0.15, 0.2) is 0 Å². The molecule has 0 spiro atoms. The van der Waals surface area contributed by atoms with Crippen LogP contribution in [0.1, 0.15) is 53.4 Å². The third-order valence-electron chi connectivity index (χ3n) is 5.91. The topological polar surface area (TPSA) is 205 Å². The summed E-state index contributed by atoms with van der Waals surface area (Å²) in [6, 6.07) is 0. The first-order valence-electron chi connectivity index (χ1n) is 12.7. The van der Waals surface area contributed by atoms with E-state index in [9.17, 15) is 40.3 Å². The number of rotatable bonds is 11. The summed E-state index contributed by atoms with van der Waals surface area (Å²) in [6.07, 6.45) is 6.00. The number of unbranched alkanes of at least 4 members (excludes halogenated alkanes) is 1. The smallest absolute Gasteiger partial charge is 0.407 e. The molecule has 0 aromatic heterocycles. The van der Waals surface area contributed by atoms with Crippen LogP contribution < -0.4 is 16.0 Å². The molecule has 13 nitrogen and oxygen atoms in total. The number of alkyl carbamates (subject to hydrolysis) is 1. The number of carbonyl (C=O) groups is 3. The highest BCUT2D eigenvalue weighted by Crippen LogP contribution is 2.29. The zero-order valence-electron chi connectivity index (χ0n) is 22.9. The first-order valence-corrected chi connectivity index (χ1v) is 15.6. The maximum atomic E-state index is 12.8.